The number of esters is 1. The molecule has 0 radical (unpaired) electrons. The molecule has 3 aromatic carbocycles. The number of aromatic hydroxyl groups is 2. The molecule has 6 nitrogen and oxygen atoms in total. The van der Waals surface area contributed by atoms with Gasteiger partial charge in [0.2, 0.25) is 5.78 Å². The van der Waals surface area contributed by atoms with E-state index in [1.807, 2.05) is 42.1 Å². The fourth-order valence-corrected chi connectivity index (χ4v) is 4.86. The summed E-state index contributed by atoms with van der Waals surface area (Å²) in [6.45, 7) is 0. The zero-order valence-corrected chi connectivity index (χ0v) is 21.4. The number of phenolic OH excluding ortho intramolecular Hbond substituents is 2. The number of Topliss-reactive ketones (excluding diaryl/α,β-unsaturated/α-hetero) is 1. The number of para-hydroxylation sites is 1. The molecule has 0 aliphatic carbocycles. The summed E-state index contributed by atoms with van der Waals surface area (Å²) < 4.78 is 8.36. The maximum Gasteiger partial charge on any atom is 0.348 e. The van der Waals surface area contributed by atoms with Gasteiger partial charge in [0, 0.05) is 40.8 Å². The van der Waals surface area contributed by atoms with Crippen molar-refractivity contribution in [3.63, 3.8) is 0 Å². The Morgan fingerprint density at radius 2 is 1.66 bits per heavy atom. The van der Waals surface area contributed by atoms with Gasteiger partial charge in [0.15, 0.2) is 0 Å². The summed E-state index contributed by atoms with van der Waals surface area (Å²) in [7, 11) is 1.93. The number of halogens is 2. The lowest BCUT2D eigenvalue weighted by molar-refractivity contribution is -0.132. The molecule has 35 heavy (non-hydrogen) atoms. The van der Waals surface area contributed by atoms with Crippen LogP contribution in [0.4, 0.5) is 0 Å². The molecule has 1 aliphatic rings. The monoisotopic (exact) mass is 593 g/mol. The minimum atomic E-state index is -0.773. The molecular formula is C27H17Br2NO5. The van der Waals surface area contributed by atoms with Gasteiger partial charge in [-0.2, -0.15) is 0 Å². The highest BCUT2D eigenvalue weighted by Crippen LogP contribution is 2.40. The number of allylic oxidation sites excluding steroid dienone is 1. The van der Waals surface area contributed by atoms with Crippen LogP contribution < -0.4 is 0 Å². The predicted molar refractivity (Wildman–Crippen MR) is 140 cm³/mol. The molecule has 174 valence electrons. The summed E-state index contributed by atoms with van der Waals surface area (Å²) in [6.07, 6.45) is 3.66. The first kappa shape index (κ1) is 23.1. The number of hydrogen-bond acceptors (Lipinski definition) is 5. The summed E-state index contributed by atoms with van der Waals surface area (Å²) in [6, 6.07) is 16.8. The third kappa shape index (κ3) is 4.09. The van der Waals surface area contributed by atoms with E-state index >= 15 is 0 Å². The van der Waals surface area contributed by atoms with Crippen LogP contribution in [0.1, 0.15) is 21.5 Å². The first-order valence-corrected chi connectivity index (χ1v) is 12.1. The van der Waals surface area contributed by atoms with Gasteiger partial charge in [0.1, 0.15) is 22.8 Å². The van der Waals surface area contributed by atoms with E-state index in [1.165, 1.54) is 24.3 Å². The van der Waals surface area contributed by atoms with Crippen LogP contribution in [0.25, 0.3) is 22.6 Å². The Kier molecular flexibility index (Phi) is 5.86. The van der Waals surface area contributed by atoms with Gasteiger partial charge in [0.25, 0.3) is 0 Å². The van der Waals surface area contributed by atoms with Gasteiger partial charge in [-0.15, -0.1) is 0 Å². The summed E-state index contributed by atoms with van der Waals surface area (Å²) in [5, 5.41) is 20.8. The zero-order valence-electron chi connectivity index (χ0n) is 18.3. The lowest BCUT2D eigenvalue weighted by atomic mass is 9.93. The highest BCUT2D eigenvalue weighted by molar-refractivity contribution is 9.10. The molecule has 0 saturated heterocycles. The van der Waals surface area contributed by atoms with Crippen molar-refractivity contribution in [2.45, 2.75) is 0 Å². The van der Waals surface area contributed by atoms with Crippen molar-refractivity contribution in [3.8, 4) is 11.5 Å². The SMILES string of the molecule is Cn1cc(/C=C2\OC(=O)C(C(=O)c3ccc(O)c(Br)c3)=C2c2ccc(O)c(Br)c2)c2ccccc21. The fraction of sp³-hybridized carbons (Fsp3) is 0.0370. The first-order valence-electron chi connectivity index (χ1n) is 10.5. The maximum atomic E-state index is 13.5. The number of benzene rings is 3. The van der Waals surface area contributed by atoms with Crippen LogP contribution in [-0.2, 0) is 16.6 Å². The first-order chi connectivity index (χ1) is 16.7. The van der Waals surface area contributed by atoms with E-state index in [0.717, 1.165) is 16.5 Å². The van der Waals surface area contributed by atoms with Crippen molar-refractivity contribution in [2.24, 2.45) is 7.05 Å². The van der Waals surface area contributed by atoms with Crippen molar-refractivity contribution in [3.05, 3.63) is 104 Å². The normalized spacial score (nSPS) is 14.7. The second-order valence-electron chi connectivity index (χ2n) is 8.02. The van der Waals surface area contributed by atoms with Crippen LogP contribution in [0.2, 0.25) is 0 Å². The fourth-order valence-electron chi connectivity index (χ4n) is 4.11. The van der Waals surface area contributed by atoms with Crippen molar-refractivity contribution in [2.75, 3.05) is 0 Å². The molecule has 1 aromatic heterocycles. The topological polar surface area (TPSA) is 88.8 Å². The highest BCUT2D eigenvalue weighted by atomic mass is 79.9. The van der Waals surface area contributed by atoms with Gasteiger partial charge in [-0.25, -0.2) is 4.79 Å². The average molecular weight is 595 g/mol. The molecule has 0 spiro atoms. The smallest absolute Gasteiger partial charge is 0.348 e. The Morgan fingerprint density at radius 1 is 0.971 bits per heavy atom. The maximum absolute atomic E-state index is 13.5. The minimum Gasteiger partial charge on any atom is -0.507 e. The number of nitrogens with zero attached hydrogens (tertiary/aromatic N) is 1. The molecule has 2 N–H and O–H groups in total. The number of aromatic nitrogens is 1. The standard InChI is InChI=1S/C27H17Br2NO5/c1-30-13-16(17-4-2-3-5-20(17)30)12-23-24(14-6-8-21(31)18(28)10-14)25(27(34)35-23)26(33)15-7-9-22(32)19(29)11-15/h2-13,31-32H,1H3/b23-12-. The van der Waals surface area contributed by atoms with Crippen LogP contribution in [-0.4, -0.2) is 26.5 Å². The molecule has 2 heterocycles. The number of cyclic esters (lactones) is 1. The largest absolute Gasteiger partial charge is 0.507 e. The van der Waals surface area contributed by atoms with Crippen molar-refractivity contribution < 1.29 is 24.5 Å². The average Bonchev–Trinajstić information content (AvgIpc) is 3.33. The van der Waals surface area contributed by atoms with E-state index in [2.05, 4.69) is 31.9 Å². The van der Waals surface area contributed by atoms with E-state index < -0.39 is 11.8 Å². The van der Waals surface area contributed by atoms with Crippen molar-refractivity contribution in [1.29, 1.82) is 0 Å². The second-order valence-corrected chi connectivity index (χ2v) is 9.73. The summed E-state index contributed by atoms with van der Waals surface area (Å²) >= 11 is 6.53. The molecule has 8 heteroatoms. The van der Waals surface area contributed by atoms with Gasteiger partial charge in [0.05, 0.1) is 8.95 Å². The molecular weight excluding hydrogens is 578 g/mol. The molecule has 0 atom stereocenters. The zero-order chi connectivity index (χ0) is 24.9. The lowest BCUT2D eigenvalue weighted by Crippen LogP contribution is -2.11. The summed E-state index contributed by atoms with van der Waals surface area (Å²) in [5.74, 6) is -1.09. The molecule has 0 fully saturated rings. The number of ketones is 1. The van der Waals surface area contributed by atoms with Crippen LogP contribution >= 0.6 is 31.9 Å². The number of fused-ring (bicyclic) bond motifs is 1. The van der Waals surface area contributed by atoms with E-state index in [-0.39, 0.29) is 28.4 Å². The molecule has 0 saturated carbocycles. The Bertz CT molecular complexity index is 1610. The molecule has 0 unspecified atom stereocenters. The summed E-state index contributed by atoms with van der Waals surface area (Å²) in [5.41, 5.74) is 2.75. The molecule has 0 amide bonds. The molecule has 4 aromatic rings. The Hall–Kier alpha value is -3.62. The van der Waals surface area contributed by atoms with Gasteiger partial charge >= 0.3 is 5.97 Å². The number of phenols is 2. The Balaban J connectivity index is 1.74. The third-order valence-electron chi connectivity index (χ3n) is 5.79. The third-order valence-corrected chi connectivity index (χ3v) is 7.06. The number of ether oxygens (including phenoxy) is 1. The molecule has 0 bridgehead atoms. The van der Waals surface area contributed by atoms with Crippen molar-refractivity contribution >= 4 is 66.2 Å². The summed E-state index contributed by atoms with van der Waals surface area (Å²) in [4.78, 5) is 26.6. The van der Waals surface area contributed by atoms with Crippen LogP contribution in [0.5, 0.6) is 11.5 Å². The predicted octanol–water partition coefficient (Wildman–Crippen LogP) is 6.35. The second kappa shape index (κ2) is 8.87. The van der Waals surface area contributed by atoms with Crippen LogP contribution in [0.15, 0.2) is 87.1 Å². The van der Waals surface area contributed by atoms with Crippen molar-refractivity contribution in [1.82, 2.24) is 4.57 Å². The van der Waals surface area contributed by atoms with E-state index in [9.17, 15) is 19.8 Å². The minimum absolute atomic E-state index is 0.0227. The molecule has 5 rings (SSSR count). The highest BCUT2D eigenvalue weighted by Gasteiger charge is 2.36. The van der Waals surface area contributed by atoms with Gasteiger partial charge in [-0.3, -0.25) is 4.79 Å². The lowest BCUT2D eigenvalue weighted by Gasteiger charge is -2.08. The number of hydrogen-bond donors (Lipinski definition) is 2. The molecule has 1 aliphatic heterocycles. The van der Waals surface area contributed by atoms with E-state index in [1.54, 1.807) is 18.2 Å². The van der Waals surface area contributed by atoms with E-state index in [0.29, 0.717) is 20.1 Å². The van der Waals surface area contributed by atoms with Crippen LogP contribution in [0, 0.1) is 0 Å². The quantitative estimate of drug-likeness (QED) is 0.163. The van der Waals surface area contributed by atoms with Gasteiger partial charge in [-0.1, -0.05) is 24.3 Å². The number of carbonyl (C=O) groups is 2. The number of aryl methyl sites for hydroxylation is 1. The number of carbonyl (C=O) groups excluding carboxylic acids is 2. The Labute approximate surface area is 217 Å². The van der Waals surface area contributed by atoms with Gasteiger partial charge in [-0.05, 0) is 79.9 Å². The van der Waals surface area contributed by atoms with Crippen LogP contribution in [0.3, 0.4) is 0 Å². The number of rotatable bonds is 4. The van der Waals surface area contributed by atoms with E-state index in [4.69, 9.17) is 4.74 Å². The van der Waals surface area contributed by atoms with Gasteiger partial charge < -0.3 is 19.5 Å². The Morgan fingerprint density at radius 3 is 2.37 bits per heavy atom.